The zero-order valence-corrected chi connectivity index (χ0v) is 17.1. The second-order valence-electron chi connectivity index (χ2n) is 7.04. The predicted octanol–water partition coefficient (Wildman–Crippen LogP) is 3.19. The van der Waals surface area contributed by atoms with Gasteiger partial charge in [-0.1, -0.05) is 13.8 Å². The quantitative estimate of drug-likeness (QED) is 0.735. The molecule has 0 aromatic rings. The van der Waals surface area contributed by atoms with Crippen LogP contribution in [0.3, 0.4) is 0 Å². The lowest BCUT2D eigenvalue weighted by Gasteiger charge is -2.34. The molecule has 0 aromatic carbocycles. The summed E-state index contributed by atoms with van der Waals surface area (Å²) in [5.41, 5.74) is 0. The SMILES string of the molecule is CCN(CC)CC1CCN(C(=O)CCC2CCNCC2)CC1.Cl.Cl. The van der Waals surface area contributed by atoms with Crippen molar-refractivity contribution in [2.24, 2.45) is 11.8 Å². The predicted molar refractivity (Wildman–Crippen MR) is 106 cm³/mol. The van der Waals surface area contributed by atoms with Crippen LogP contribution in [0, 0.1) is 11.8 Å². The standard InChI is InChI=1S/C18H35N3O.2ClH/c1-3-20(4-2)15-17-9-13-21(14-10-17)18(22)6-5-16-7-11-19-12-8-16;;/h16-17,19H,3-15H2,1-2H3;2*1H. The van der Waals surface area contributed by atoms with Crippen LogP contribution in [-0.4, -0.2) is 61.5 Å². The van der Waals surface area contributed by atoms with Crippen LogP contribution < -0.4 is 5.32 Å². The fourth-order valence-electron chi connectivity index (χ4n) is 3.87. The molecular formula is C18H37Cl2N3O. The van der Waals surface area contributed by atoms with Gasteiger partial charge in [0.1, 0.15) is 0 Å². The average Bonchev–Trinajstić information content (AvgIpc) is 2.59. The van der Waals surface area contributed by atoms with Gasteiger partial charge in [0.15, 0.2) is 0 Å². The summed E-state index contributed by atoms with van der Waals surface area (Å²) in [6.45, 7) is 12.2. The van der Waals surface area contributed by atoms with Crippen LogP contribution in [0.15, 0.2) is 0 Å². The molecule has 0 saturated carbocycles. The van der Waals surface area contributed by atoms with Crippen molar-refractivity contribution in [3.8, 4) is 0 Å². The number of carbonyl (C=O) groups is 1. The first-order valence-corrected chi connectivity index (χ1v) is 9.43. The summed E-state index contributed by atoms with van der Waals surface area (Å²) in [5, 5.41) is 3.40. The van der Waals surface area contributed by atoms with Gasteiger partial charge in [0, 0.05) is 26.1 Å². The molecule has 2 aliphatic rings. The Labute approximate surface area is 160 Å². The van der Waals surface area contributed by atoms with Crippen LogP contribution in [0.4, 0.5) is 0 Å². The Morgan fingerprint density at radius 3 is 2.12 bits per heavy atom. The van der Waals surface area contributed by atoms with E-state index in [0.717, 1.165) is 63.9 Å². The van der Waals surface area contributed by atoms with E-state index in [9.17, 15) is 4.79 Å². The van der Waals surface area contributed by atoms with Crippen molar-refractivity contribution in [2.75, 3.05) is 45.8 Å². The van der Waals surface area contributed by atoms with Crippen molar-refractivity contribution >= 4 is 30.7 Å². The number of piperidine rings is 2. The zero-order valence-electron chi connectivity index (χ0n) is 15.5. The highest BCUT2D eigenvalue weighted by atomic mass is 35.5. The van der Waals surface area contributed by atoms with E-state index in [4.69, 9.17) is 0 Å². The molecule has 0 bridgehead atoms. The molecule has 0 unspecified atom stereocenters. The number of nitrogens with one attached hydrogen (secondary N) is 1. The molecule has 2 rings (SSSR count). The molecule has 4 nitrogen and oxygen atoms in total. The van der Waals surface area contributed by atoms with E-state index in [2.05, 4.69) is 29.0 Å². The normalized spacial score (nSPS) is 19.7. The van der Waals surface area contributed by atoms with Crippen LogP contribution in [0.1, 0.15) is 52.4 Å². The van der Waals surface area contributed by atoms with E-state index in [0.29, 0.717) is 5.91 Å². The second kappa shape index (κ2) is 13.2. The molecular weight excluding hydrogens is 345 g/mol. The minimum atomic E-state index is 0. The fraction of sp³-hybridized carbons (Fsp3) is 0.944. The molecule has 1 amide bonds. The lowest BCUT2D eigenvalue weighted by atomic mass is 9.92. The van der Waals surface area contributed by atoms with Crippen molar-refractivity contribution in [1.82, 2.24) is 15.1 Å². The number of hydrogen-bond donors (Lipinski definition) is 1. The lowest BCUT2D eigenvalue weighted by molar-refractivity contribution is -0.133. The van der Waals surface area contributed by atoms with Gasteiger partial charge in [-0.3, -0.25) is 4.79 Å². The van der Waals surface area contributed by atoms with Gasteiger partial charge in [-0.25, -0.2) is 0 Å². The van der Waals surface area contributed by atoms with Crippen LogP contribution in [0.5, 0.6) is 0 Å². The second-order valence-corrected chi connectivity index (χ2v) is 7.04. The first kappa shape index (κ1) is 24.0. The average molecular weight is 382 g/mol. The van der Waals surface area contributed by atoms with Crippen LogP contribution in [0.2, 0.25) is 0 Å². The molecule has 1 N–H and O–H groups in total. The molecule has 2 heterocycles. The lowest BCUT2D eigenvalue weighted by Crippen LogP contribution is -2.41. The Kier molecular flexibility index (Phi) is 13.2. The first-order chi connectivity index (χ1) is 10.7. The smallest absolute Gasteiger partial charge is 0.222 e. The Morgan fingerprint density at radius 1 is 1.00 bits per heavy atom. The van der Waals surface area contributed by atoms with Crippen LogP contribution in [0.25, 0.3) is 0 Å². The number of nitrogens with zero attached hydrogens (tertiary/aromatic N) is 2. The first-order valence-electron chi connectivity index (χ1n) is 9.43. The van der Waals surface area contributed by atoms with E-state index in [1.54, 1.807) is 0 Å². The van der Waals surface area contributed by atoms with Crippen molar-refractivity contribution in [3.63, 3.8) is 0 Å². The topological polar surface area (TPSA) is 35.6 Å². The van der Waals surface area contributed by atoms with E-state index < -0.39 is 0 Å². The molecule has 6 heteroatoms. The number of halogens is 2. The largest absolute Gasteiger partial charge is 0.343 e. The number of amides is 1. The van der Waals surface area contributed by atoms with E-state index in [-0.39, 0.29) is 24.8 Å². The zero-order chi connectivity index (χ0) is 15.8. The van der Waals surface area contributed by atoms with E-state index >= 15 is 0 Å². The summed E-state index contributed by atoms with van der Waals surface area (Å²) in [6.07, 6.45) is 6.74. The molecule has 0 aromatic heterocycles. The highest BCUT2D eigenvalue weighted by molar-refractivity contribution is 5.85. The van der Waals surface area contributed by atoms with Gasteiger partial charge in [0.05, 0.1) is 0 Å². The Balaban J connectivity index is 0.00000264. The van der Waals surface area contributed by atoms with Crippen molar-refractivity contribution in [1.29, 1.82) is 0 Å². The van der Waals surface area contributed by atoms with Crippen molar-refractivity contribution < 1.29 is 4.79 Å². The molecule has 0 aliphatic carbocycles. The highest BCUT2D eigenvalue weighted by Gasteiger charge is 2.24. The van der Waals surface area contributed by atoms with Gasteiger partial charge in [0.25, 0.3) is 0 Å². The van der Waals surface area contributed by atoms with Crippen molar-refractivity contribution in [3.05, 3.63) is 0 Å². The van der Waals surface area contributed by atoms with Gasteiger partial charge in [-0.2, -0.15) is 0 Å². The summed E-state index contributed by atoms with van der Waals surface area (Å²) in [7, 11) is 0. The Bertz CT molecular complexity index is 326. The van der Waals surface area contributed by atoms with Crippen molar-refractivity contribution in [2.45, 2.75) is 52.4 Å². The minimum absolute atomic E-state index is 0. The highest BCUT2D eigenvalue weighted by Crippen LogP contribution is 2.22. The third-order valence-corrected chi connectivity index (χ3v) is 5.60. The summed E-state index contributed by atoms with van der Waals surface area (Å²) < 4.78 is 0. The number of likely N-dealkylation sites (tertiary alicyclic amines) is 1. The van der Waals surface area contributed by atoms with Crippen LogP contribution in [-0.2, 0) is 4.79 Å². The van der Waals surface area contributed by atoms with Crippen LogP contribution >= 0.6 is 24.8 Å². The van der Waals surface area contributed by atoms with E-state index in [1.165, 1.54) is 32.2 Å². The Hall–Kier alpha value is -0.0300. The summed E-state index contributed by atoms with van der Waals surface area (Å²) in [6, 6.07) is 0. The van der Waals surface area contributed by atoms with Gasteiger partial charge >= 0.3 is 0 Å². The minimum Gasteiger partial charge on any atom is -0.343 e. The monoisotopic (exact) mass is 381 g/mol. The van der Waals surface area contributed by atoms with Gasteiger partial charge in [-0.15, -0.1) is 24.8 Å². The molecule has 0 radical (unpaired) electrons. The molecule has 144 valence electrons. The Morgan fingerprint density at radius 2 is 1.58 bits per heavy atom. The summed E-state index contributed by atoms with van der Waals surface area (Å²) in [4.78, 5) is 17.0. The maximum Gasteiger partial charge on any atom is 0.222 e. The maximum atomic E-state index is 12.4. The van der Waals surface area contributed by atoms with Gasteiger partial charge in [0.2, 0.25) is 5.91 Å². The summed E-state index contributed by atoms with van der Waals surface area (Å²) >= 11 is 0. The molecule has 0 atom stereocenters. The number of carbonyl (C=O) groups excluding carboxylic acids is 1. The van der Waals surface area contributed by atoms with E-state index in [1.807, 2.05) is 0 Å². The summed E-state index contributed by atoms with van der Waals surface area (Å²) in [5.74, 6) is 1.96. The fourth-order valence-corrected chi connectivity index (χ4v) is 3.87. The van der Waals surface area contributed by atoms with Gasteiger partial charge < -0.3 is 15.1 Å². The molecule has 24 heavy (non-hydrogen) atoms. The third-order valence-electron chi connectivity index (χ3n) is 5.60. The molecule has 2 saturated heterocycles. The van der Waals surface area contributed by atoms with Gasteiger partial charge in [-0.05, 0) is 70.1 Å². The third kappa shape index (κ3) is 7.90. The maximum absolute atomic E-state index is 12.4. The molecule has 2 fully saturated rings. The molecule has 2 aliphatic heterocycles. The number of rotatable bonds is 7. The molecule has 0 spiro atoms. The number of hydrogen-bond acceptors (Lipinski definition) is 3.